The number of carbonyl (C=O) groups is 3. The molecule has 0 bridgehead atoms. The summed E-state index contributed by atoms with van der Waals surface area (Å²) in [6, 6.07) is 0. The average molecular weight is 920 g/mol. The minimum Gasteiger partial charge on any atom is -0.462 e. The minimum absolute atomic E-state index is 0.0636. The molecule has 65 heavy (non-hydrogen) atoms. The summed E-state index contributed by atoms with van der Waals surface area (Å²) < 4.78 is 16.9. The van der Waals surface area contributed by atoms with E-state index in [0.717, 1.165) is 75.5 Å². The lowest BCUT2D eigenvalue weighted by Crippen LogP contribution is -2.30. The Morgan fingerprint density at radius 2 is 0.538 bits per heavy atom. The predicted molar refractivity (Wildman–Crippen MR) is 279 cm³/mol. The van der Waals surface area contributed by atoms with Crippen LogP contribution in [0, 0.1) is 17.8 Å². The van der Waals surface area contributed by atoms with Crippen molar-refractivity contribution in [3.8, 4) is 0 Å². The first-order valence-electron chi connectivity index (χ1n) is 29.1. The molecule has 0 saturated heterocycles. The Labute approximate surface area is 406 Å². The summed E-state index contributed by atoms with van der Waals surface area (Å²) in [4.78, 5) is 38.2. The second-order valence-electron chi connectivity index (χ2n) is 21.5. The number of ether oxygens (including phenoxy) is 3. The van der Waals surface area contributed by atoms with Crippen LogP contribution < -0.4 is 0 Å². The predicted octanol–water partition coefficient (Wildman–Crippen LogP) is 19.1. The van der Waals surface area contributed by atoms with Crippen LogP contribution in [0.5, 0.6) is 0 Å². The first-order chi connectivity index (χ1) is 31.6. The molecule has 0 aliphatic carbocycles. The van der Waals surface area contributed by atoms with Crippen molar-refractivity contribution in [1.29, 1.82) is 0 Å². The molecule has 0 aliphatic rings. The van der Waals surface area contributed by atoms with Gasteiger partial charge in [-0.25, -0.2) is 0 Å². The highest BCUT2D eigenvalue weighted by molar-refractivity contribution is 5.71. The van der Waals surface area contributed by atoms with Crippen LogP contribution in [-0.4, -0.2) is 37.2 Å². The van der Waals surface area contributed by atoms with Gasteiger partial charge in [-0.15, -0.1) is 0 Å². The topological polar surface area (TPSA) is 78.9 Å². The van der Waals surface area contributed by atoms with Gasteiger partial charge < -0.3 is 14.2 Å². The van der Waals surface area contributed by atoms with Gasteiger partial charge in [-0.2, -0.15) is 0 Å². The Morgan fingerprint density at radius 1 is 0.308 bits per heavy atom. The molecule has 0 saturated carbocycles. The summed E-state index contributed by atoms with van der Waals surface area (Å²) in [5.41, 5.74) is 0. The van der Waals surface area contributed by atoms with Crippen LogP contribution >= 0.6 is 0 Å². The van der Waals surface area contributed by atoms with E-state index in [1.807, 2.05) is 0 Å². The van der Waals surface area contributed by atoms with Crippen LogP contribution in [0.1, 0.15) is 324 Å². The third-order valence-corrected chi connectivity index (χ3v) is 13.8. The molecule has 0 heterocycles. The Morgan fingerprint density at radius 3 is 0.800 bits per heavy atom. The molecule has 0 rings (SSSR count). The maximum Gasteiger partial charge on any atom is 0.306 e. The van der Waals surface area contributed by atoms with E-state index in [1.165, 1.54) is 205 Å². The van der Waals surface area contributed by atoms with Gasteiger partial charge >= 0.3 is 17.9 Å². The largest absolute Gasteiger partial charge is 0.462 e. The van der Waals surface area contributed by atoms with E-state index >= 15 is 0 Å². The van der Waals surface area contributed by atoms with Gasteiger partial charge in [0.15, 0.2) is 6.10 Å². The van der Waals surface area contributed by atoms with Gasteiger partial charge in [-0.05, 0) is 37.0 Å². The highest BCUT2D eigenvalue weighted by atomic mass is 16.6. The van der Waals surface area contributed by atoms with Crippen molar-refractivity contribution >= 4 is 17.9 Å². The maximum atomic E-state index is 12.8. The Bertz CT molecular complexity index is 1010. The van der Waals surface area contributed by atoms with Crippen molar-refractivity contribution in [2.45, 2.75) is 330 Å². The van der Waals surface area contributed by atoms with E-state index < -0.39 is 6.10 Å². The normalized spacial score (nSPS) is 12.6. The number of hydrogen-bond donors (Lipinski definition) is 0. The Hall–Kier alpha value is -1.59. The Kier molecular flexibility index (Phi) is 49.1. The molecule has 0 N–H and O–H groups in total. The third kappa shape index (κ3) is 51.6. The molecule has 0 aromatic heterocycles. The van der Waals surface area contributed by atoms with Crippen LogP contribution in [0.4, 0.5) is 0 Å². The summed E-state index contributed by atoms with van der Waals surface area (Å²) in [6.45, 7) is 13.8. The van der Waals surface area contributed by atoms with Gasteiger partial charge in [0.25, 0.3) is 0 Å². The van der Waals surface area contributed by atoms with E-state index in [9.17, 15) is 14.4 Å². The molecular formula is C59H114O6. The van der Waals surface area contributed by atoms with Crippen LogP contribution in [0.25, 0.3) is 0 Å². The van der Waals surface area contributed by atoms with Crippen molar-refractivity contribution < 1.29 is 28.6 Å². The number of esters is 3. The van der Waals surface area contributed by atoms with E-state index in [-0.39, 0.29) is 31.1 Å². The fourth-order valence-electron chi connectivity index (χ4n) is 8.97. The summed E-state index contributed by atoms with van der Waals surface area (Å²) in [5.74, 6) is 1.71. The molecule has 0 amide bonds. The van der Waals surface area contributed by atoms with E-state index in [2.05, 4.69) is 41.5 Å². The van der Waals surface area contributed by atoms with Crippen molar-refractivity contribution in [2.75, 3.05) is 13.2 Å². The van der Waals surface area contributed by atoms with E-state index in [1.54, 1.807) is 0 Å². The van der Waals surface area contributed by atoms with Crippen molar-refractivity contribution in [3.05, 3.63) is 0 Å². The fourth-order valence-corrected chi connectivity index (χ4v) is 8.97. The zero-order valence-electron chi connectivity index (χ0n) is 44.8. The highest BCUT2D eigenvalue weighted by Crippen LogP contribution is 2.19. The molecule has 0 aromatic rings. The van der Waals surface area contributed by atoms with Crippen LogP contribution in [0.15, 0.2) is 0 Å². The molecular weight excluding hydrogens is 805 g/mol. The maximum absolute atomic E-state index is 12.8. The third-order valence-electron chi connectivity index (χ3n) is 13.8. The molecule has 2 atom stereocenters. The molecule has 0 fully saturated rings. The molecule has 0 aromatic carbocycles. The molecule has 6 heteroatoms. The molecule has 0 spiro atoms. The smallest absolute Gasteiger partial charge is 0.306 e. The van der Waals surface area contributed by atoms with Gasteiger partial charge in [0.05, 0.1) is 0 Å². The second kappa shape index (κ2) is 50.3. The zero-order valence-corrected chi connectivity index (χ0v) is 44.8. The van der Waals surface area contributed by atoms with Crippen LogP contribution in [0.3, 0.4) is 0 Å². The first kappa shape index (κ1) is 63.4. The molecule has 6 nitrogen and oxygen atoms in total. The summed E-state index contributed by atoms with van der Waals surface area (Å²) >= 11 is 0. The summed E-state index contributed by atoms with van der Waals surface area (Å²) in [6.07, 6.45) is 52.3. The van der Waals surface area contributed by atoms with Gasteiger partial charge in [0, 0.05) is 19.3 Å². The summed E-state index contributed by atoms with van der Waals surface area (Å²) in [5, 5.41) is 0. The average Bonchev–Trinajstić information content (AvgIpc) is 3.28. The molecule has 0 radical (unpaired) electrons. The lowest BCUT2D eigenvalue weighted by molar-refractivity contribution is -0.167. The van der Waals surface area contributed by atoms with Crippen molar-refractivity contribution in [2.24, 2.45) is 17.8 Å². The number of hydrogen-bond acceptors (Lipinski definition) is 6. The highest BCUT2D eigenvalue weighted by Gasteiger charge is 2.19. The lowest BCUT2D eigenvalue weighted by Gasteiger charge is -2.18. The lowest BCUT2D eigenvalue weighted by atomic mass is 9.99. The molecule has 0 aliphatic heterocycles. The van der Waals surface area contributed by atoms with E-state index in [0.29, 0.717) is 19.3 Å². The quantitative estimate of drug-likeness (QED) is 0.0344. The van der Waals surface area contributed by atoms with Gasteiger partial charge in [-0.1, -0.05) is 286 Å². The van der Waals surface area contributed by atoms with E-state index in [4.69, 9.17) is 14.2 Å². The molecule has 386 valence electrons. The van der Waals surface area contributed by atoms with Crippen LogP contribution in [-0.2, 0) is 28.6 Å². The van der Waals surface area contributed by atoms with Gasteiger partial charge in [0.2, 0.25) is 0 Å². The van der Waals surface area contributed by atoms with Gasteiger partial charge in [-0.3, -0.25) is 14.4 Å². The zero-order chi connectivity index (χ0) is 47.7. The fraction of sp³-hybridized carbons (Fsp3) is 0.949. The Balaban J connectivity index is 4.30. The van der Waals surface area contributed by atoms with Crippen molar-refractivity contribution in [3.63, 3.8) is 0 Å². The van der Waals surface area contributed by atoms with Crippen LogP contribution in [0.2, 0.25) is 0 Å². The number of carbonyl (C=O) groups excluding carboxylic acids is 3. The second-order valence-corrected chi connectivity index (χ2v) is 21.5. The van der Waals surface area contributed by atoms with Gasteiger partial charge in [0.1, 0.15) is 13.2 Å². The van der Waals surface area contributed by atoms with Crippen molar-refractivity contribution in [1.82, 2.24) is 0 Å². The SMILES string of the molecule is CCC(C)CCCCCCCCCCCCC(=O)O[C@@H](COC(=O)CCCCCCCCCCCCCCCCCC(C)C)COC(=O)CCCCCCCCCCCCCCC(C)C. The summed E-state index contributed by atoms with van der Waals surface area (Å²) in [7, 11) is 0. The number of rotatable bonds is 52. The first-order valence-corrected chi connectivity index (χ1v) is 29.1. The standard InChI is InChI=1S/C59H114O6/c1-7-55(6)47-41-35-29-23-19-20-26-32-38-44-50-59(62)65-56(52-64-58(61)49-43-37-31-25-18-14-13-16-22-28-34-40-46-54(4)5)51-63-57(60)48-42-36-30-24-17-12-10-8-9-11-15-21-27-33-39-45-53(2)3/h53-56H,7-52H2,1-6H3/t55?,56-/m0/s1. The number of unbranched alkanes of at least 4 members (excludes halogenated alkanes) is 34. The monoisotopic (exact) mass is 919 g/mol. The minimum atomic E-state index is -0.764. The molecule has 1 unspecified atom stereocenters.